The fraction of sp³-hybridized carbons (Fsp3) is 0.250. The predicted molar refractivity (Wildman–Crippen MR) is 90.3 cm³/mol. The number of aliphatic carboxylic acids is 1. The smallest absolute Gasteiger partial charge is 0.328 e. The molecule has 2 aromatic carbocycles. The van der Waals surface area contributed by atoms with E-state index in [0.29, 0.717) is 6.61 Å². The summed E-state index contributed by atoms with van der Waals surface area (Å²) >= 11 is 0. The largest absolute Gasteiger partial charge is 0.489 e. The molecule has 0 aromatic heterocycles. The van der Waals surface area contributed by atoms with Gasteiger partial charge in [0.15, 0.2) is 0 Å². The van der Waals surface area contributed by atoms with Gasteiger partial charge in [0.2, 0.25) is 0 Å². The van der Waals surface area contributed by atoms with Crippen molar-refractivity contribution in [3.8, 4) is 5.75 Å². The van der Waals surface area contributed by atoms with Gasteiger partial charge in [0.1, 0.15) is 12.4 Å². The molecule has 0 saturated carbocycles. The highest BCUT2D eigenvalue weighted by Crippen LogP contribution is 2.47. The molecule has 3 nitrogen and oxygen atoms in total. The molecule has 0 atom stereocenters. The lowest BCUT2D eigenvalue weighted by Gasteiger charge is -2.19. The van der Waals surface area contributed by atoms with Crippen LogP contribution < -0.4 is 4.74 Å². The van der Waals surface area contributed by atoms with E-state index in [4.69, 9.17) is 9.84 Å². The lowest BCUT2D eigenvalue weighted by Crippen LogP contribution is -2.10. The second kappa shape index (κ2) is 5.92. The number of ether oxygens (including phenoxy) is 1. The Morgan fingerprint density at radius 1 is 1.22 bits per heavy atom. The van der Waals surface area contributed by atoms with Crippen LogP contribution >= 0.6 is 0 Å². The second-order valence-corrected chi connectivity index (χ2v) is 6.55. The Morgan fingerprint density at radius 3 is 2.65 bits per heavy atom. The molecular weight excluding hydrogens is 288 g/mol. The maximum Gasteiger partial charge on any atom is 0.328 e. The number of hydrogen-bond donors (Lipinski definition) is 1. The molecule has 1 N–H and O–H groups in total. The summed E-state index contributed by atoms with van der Waals surface area (Å²) in [6.07, 6.45) is 2.17. The van der Waals surface area contributed by atoms with Gasteiger partial charge < -0.3 is 9.84 Å². The van der Waals surface area contributed by atoms with Gasteiger partial charge in [-0.2, -0.15) is 0 Å². The zero-order valence-electron chi connectivity index (χ0n) is 13.4. The van der Waals surface area contributed by atoms with Gasteiger partial charge in [-0.1, -0.05) is 50.2 Å². The molecule has 0 aliphatic heterocycles. The topological polar surface area (TPSA) is 46.5 Å². The summed E-state index contributed by atoms with van der Waals surface area (Å²) in [6, 6.07) is 15.9. The molecule has 0 radical (unpaired) electrons. The van der Waals surface area contributed by atoms with E-state index in [1.807, 2.05) is 48.5 Å². The van der Waals surface area contributed by atoms with Crippen LogP contribution in [0.1, 0.15) is 30.5 Å². The first-order chi connectivity index (χ1) is 11.0. The third-order valence-electron chi connectivity index (χ3n) is 4.25. The lowest BCUT2D eigenvalue weighted by atomic mass is 9.85. The van der Waals surface area contributed by atoms with E-state index in [9.17, 15) is 4.79 Å². The van der Waals surface area contributed by atoms with Crippen molar-refractivity contribution >= 4 is 11.5 Å². The molecule has 118 valence electrons. The van der Waals surface area contributed by atoms with Crippen LogP contribution in [0.15, 0.2) is 54.6 Å². The quantitative estimate of drug-likeness (QED) is 0.856. The molecule has 0 saturated heterocycles. The monoisotopic (exact) mass is 308 g/mol. The minimum atomic E-state index is -0.906. The molecule has 3 heteroatoms. The van der Waals surface area contributed by atoms with Crippen LogP contribution in [0.4, 0.5) is 0 Å². The highest BCUT2D eigenvalue weighted by atomic mass is 16.5. The van der Waals surface area contributed by atoms with Gasteiger partial charge in [-0.3, -0.25) is 0 Å². The number of allylic oxidation sites excluding steroid dienone is 1. The molecule has 3 rings (SSSR count). The van der Waals surface area contributed by atoms with Crippen LogP contribution in [0.2, 0.25) is 0 Å². The van der Waals surface area contributed by atoms with Crippen molar-refractivity contribution in [2.75, 3.05) is 0 Å². The summed E-state index contributed by atoms with van der Waals surface area (Å²) in [4.78, 5) is 11.1. The molecular formula is C20H20O3. The Balaban J connectivity index is 1.86. The zero-order chi connectivity index (χ0) is 16.4. The van der Waals surface area contributed by atoms with Gasteiger partial charge in [-0.15, -0.1) is 0 Å². The fourth-order valence-corrected chi connectivity index (χ4v) is 3.12. The average Bonchev–Trinajstić information content (AvgIpc) is 2.76. The number of carbonyl (C=O) groups is 1. The normalized spacial score (nSPS) is 17.0. The van der Waals surface area contributed by atoms with Crippen molar-refractivity contribution in [2.24, 2.45) is 5.41 Å². The van der Waals surface area contributed by atoms with Crippen LogP contribution in [0.3, 0.4) is 0 Å². The van der Waals surface area contributed by atoms with Gasteiger partial charge >= 0.3 is 5.97 Å². The molecule has 2 aromatic rings. The highest BCUT2D eigenvalue weighted by Gasteiger charge is 2.34. The Hall–Kier alpha value is -2.55. The first-order valence-electron chi connectivity index (χ1n) is 7.71. The molecule has 0 heterocycles. The number of rotatable bonds is 4. The zero-order valence-corrected chi connectivity index (χ0v) is 13.4. The first kappa shape index (κ1) is 15.3. The van der Waals surface area contributed by atoms with Crippen molar-refractivity contribution in [1.82, 2.24) is 0 Å². The molecule has 0 unspecified atom stereocenters. The van der Waals surface area contributed by atoms with E-state index in [1.165, 1.54) is 11.6 Å². The predicted octanol–water partition coefficient (Wildman–Crippen LogP) is 4.32. The third-order valence-corrected chi connectivity index (χ3v) is 4.25. The van der Waals surface area contributed by atoms with Gasteiger partial charge in [-0.25, -0.2) is 4.79 Å². The standard InChI is InChI=1S/C20H20O3/c1-20(2)12-15-8-9-16(10-17(15)18(20)11-19(21)22)23-13-14-6-4-3-5-7-14/h3-11H,12-13H2,1-2H3,(H,21,22)/b18-11-. The van der Waals surface area contributed by atoms with Crippen molar-refractivity contribution in [2.45, 2.75) is 26.9 Å². The van der Waals surface area contributed by atoms with Crippen LogP contribution in [-0.2, 0) is 17.8 Å². The Bertz CT molecular complexity index is 758. The number of carboxylic acids is 1. The van der Waals surface area contributed by atoms with E-state index in [-0.39, 0.29) is 5.41 Å². The maximum atomic E-state index is 11.1. The lowest BCUT2D eigenvalue weighted by molar-refractivity contribution is -0.131. The SMILES string of the molecule is CC1(C)Cc2ccc(OCc3ccccc3)cc2/C1=C/C(=O)O. The third kappa shape index (κ3) is 3.29. The summed E-state index contributed by atoms with van der Waals surface area (Å²) < 4.78 is 5.86. The van der Waals surface area contributed by atoms with Gasteiger partial charge in [-0.05, 0) is 46.2 Å². The van der Waals surface area contributed by atoms with Crippen LogP contribution in [0, 0.1) is 5.41 Å². The molecule has 0 fully saturated rings. The maximum absolute atomic E-state index is 11.1. The second-order valence-electron chi connectivity index (χ2n) is 6.55. The van der Waals surface area contributed by atoms with E-state index < -0.39 is 5.97 Å². The summed E-state index contributed by atoms with van der Waals surface area (Å²) in [6.45, 7) is 4.65. The number of carboxylic acid groups (broad SMARTS) is 1. The Labute approximate surface area is 136 Å². The summed E-state index contributed by atoms with van der Waals surface area (Å²) in [7, 11) is 0. The Morgan fingerprint density at radius 2 is 1.96 bits per heavy atom. The van der Waals surface area contributed by atoms with Gasteiger partial charge in [0, 0.05) is 6.08 Å². The average molecular weight is 308 g/mol. The minimum absolute atomic E-state index is 0.168. The van der Waals surface area contributed by atoms with Crippen LogP contribution in [0.5, 0.6) is 5.75 Å². The van der Waals surface area contributed by atoms with Crippen molar-refractivity contribution in [3.05, 3.63) is 71.3 Å². The molecule has 23 heavy (non-hydrogen) atoms. The van der Waals surface area contributed by atoms with E-state index in [1.54, 1.807) is 0 Å². The van der Waals surface area contributed by atoms with Gasteiger partial charge in [0.25, 0.3) is 0 Å². The number of benzene rings is 2. The van der Waals surface area contributed by atoms with Crippen molar-refractivity contribution in [3.63, 3.8) is 0 Å². The molecule has 1 aliphatic rings. The number of hydrogen-bond acceptors (Lipinski definition) is 2. The number of fused-ring (bicyclic) bond motifs is 1. The van der Waals surface area contributed by atoms with Gasteiger partial charge in [0.05, 0.1) is 0 Å². The molecule has 1 aliphatic carbocycles. The minimum Gasteiger partial charge on any atom is -0.489 e. The molecule has 0 bridgehead atoms. The van der Waals surface area contributed by atoms with Crippen LogP contribution in [-0.4, -0.2) is 11.1 Å². The van der Waals surface area contributed by atoms with Crippen molar-refractivity contribution < 1.29 is 14.6 Å². The molecule has 0 spiro atoms. The molecule has 0 amide bonds. The summed E-state index contributed by atoms with van der Waals surface area (Å²) in [5.74, 6) is -0.141. The Kier molecular flexibility index (Phi) is 3.95. The van der Waals surface area contributed by atoms with E-state index in [0.717, 1.165) is 28.9 Å². The van der Waals surface area contributed by atoms with Crippen molar-refractivity contribution in [1.29, 1.82) is 0 Å². The van der Waals surface area contributed by atoms with Crippen LogP contribution in [0.25, 0.3) is 5.57 Å². The van der Waals surface area contributed by atoms with E-state index in [2.05, 4.69) is 13.8 Å². The van der Waals surface area contributed by atoms with E-state index >= 15 is 0 Å². The fourth-order valence-electron chi connectivity index (χ4n) is 3.12. The summed E-state index contributed by atoms with van der Waals surface area (Å²) in [5.41, 5.74) is 3.97. The highest BCUT2D eigenvalue weighted by molar-refractivity contribution is 5.93. The summed E-state index contributed by atoms with van der Waals surface area (Å²) in [5, 5.41) is 9.15. The first-order valence-corrected chi connectivity index (χ1v) is 7.71.